The Labute approximate surface area is 187 Å². The summed E-state index contributed by atoms with van der Waals surface area (Å²) in [7, 11) is 1.67. The van der Waals surface area contributed by atoms with Gasteiger partial charge in [-0.1, -0.05) is 12.1 Å². The Morgan fingerprint density at radius 3 is 2.81 bits per heavy atom. The number of benzene rings is 2. The first-order chi connectivity index (χ1) is 15.6. The molecule has 3 heterocycles. The van der Waals surface area contributed by atoms with E-state index >= 15 is 0 Å². The van der Waals surface area contributed by atoms with Crippen LogP contribution in [0.1, 0.15) is 19.8 Å². The summed E-state index contributed by atoms with van der Waals surface area (Å²) in [6.45, 7) is 5.43. The number of methoxy groups -OCH3 is 1. The Morgan fingerprint density at radius 2 is 1.97 bits per heavy atom. The molecule has 166 valence electrons. The molecule has 1 fully saturated rings. The van der Waals surface area contributed by atoms with Gasteiger partial charge in [-0.25, -0.2) is 9.97 Å². The van der Waals surface area contributed by atoms with E-state index < -0.39 is 0 Å². The van der Waals surface area contributed by atoms with Crippen molar-refractivity contribution in [3.63, 3.8) is 0 Å². The number of nitrogens with one attached hydrogen (secondary N) is 2. The fraction of sp³-hybridized carbons (Fsp3) is 0.360. The first-order valence-electron chi connectivity index (χ1n) is 11.1. The number of fused-ring (bicyclic) bond motifs is 2. The minimum atomic E-state index is 0.0676. The van der Waals surface area contributed by atoms with Gasteiger partial charge in [0.15, 0.2) is 0 Å². The first-order valence-corrected chi connectivity index (χ1v) is 11.1. The van der Waals surface area contributed by atoms with Crippen molar-refractivity contribution in [2.45, 2.75) is 25.3 Å². The van der Waals surface area contributed by atoms with E-state index in [-0.39, 0.29) is 5.54 Å². The van der Waals surface area contributed by atoms with Crippen molar-refractivity contribution in [3.8, 4) is 11.6 Å². The maximum Gasteiger partial charge on any atom is 0.139 e. The average molecular weight is 432 g/mol. The molecule has 2 aromatic carbocycles. The van der Waals surface area contributed by atoms with Crippen LogP contribution in [-0.4, -0.2) is 53.5 Å². The number of imidazole rings is 1. The SMILES string of the molecule is COCCOc1ccc2c(c1)ncn2-c1ccc2cccc(NC3(C)CCNCC3)c2n1. The van der Waals surface area contributed by atoms with Crippen LogP contribution in [-0.2, 0) is 4.74 Å². The molecule has 1 aliphatic rings. The summed E-state index contributed by atoms with van der Waals surface area (Å²) in [6.07, 6.45) is 4.00. The lowest BCUT2D eigenvalue weighted by atomic mass is 9.90. The molecule has 7 nitrogen and oxygen atoms in total. The van der Waals surface area contributed by atoms with Crippen LogP contribution in [0.15, 0.2) is 54.9 Å². The maximum atomic E-state index is 5.72. The van der Waals surface area contributed by atoms with Gasteiger partial charge in [0.1, 0.15) is 24.5 Å². The lowest BCUT2D eigenvalue weighted by Gasteiger charge is -2.36. The maximum absolute atomic E-state index is 5.72. The van der Waals surface area contributed by atoms with E-state index in [4.69, 9.17) is 14.5 Å². The predicted octanol–water partition coefficient (Wildman–Crippen LogP) is 4.15. The van der Waals surface area contributed by atoms with E-state index in [9.17, 15) is 0 Å². The normalized spacial score (nSPS) is 15.8. The summed E-state index contributed by atoms with van der Waals surface area (Å²) in [5.41, 5.74) is 3.98. The number of aromatic nitrogens is 3. The first kappa shape index (κ1) is 20.7. The van der Waals surface area contributed by atoms with Gasteiger partial charge in [0.2, 0.25) is 0 Å². The van der Waals surface area contributed by atoms with Crippen LogP contribution in [0.2, 0.25) is 0 Å². The standard InChI is InChI=1S/C25H29N5O2/c1-25(10-12-26-13-11-25)29-20-5-3-4-18-6-9-23(28-24(18)20)30-17-27-21-16-19(7-8-22(21)30)32-15-14-31-2/h3-9,16-17,26,29H,10-15H2,1-2H3. The number of nitrogens with zero attached hydrogens (tertiary/aromatic N) is 3. The van der Waals surface area contributed by atoms with Gasteiger partial charge in [-0.2, -0.15) is 0 Å². The van der Waals surface area contributed by atoms with Gasteiger partial charge in [0, 0.05) is 24.1 Å². The Bertz CT molecular complexity index is 1230. The molecular formula is C25H29N5O2. The van der Waals surface area contributed by atoms with Gasteiger partial charge in [0.05, 0.1) is 28.8 Å². The molecule has 0 bridgehead atoms. The summed E-state index contributed by atoms with van der Waals surface area (Å²) in [4.78, 5) is 9.62. The van der Waals surface area contributed by atoms with Crippen molar-refractivity contribution in [1.29, 1.82) is 0 Å². The predicted molar refractivity (Wildman–Crippen MR) is 128 cm³/mol. The fourth-order valence-electron chi connectivity index (χ4n) is 4.31. The number of piperidine rings is 1. The second-order valence-electron chi connectivity index (χ2n) is 8.59. The summed E-state index contributed by atoms with van der Waals surface area (Å²) in [5.74, 6) is 1.63. The monoisotopic (exact) mass is 431 g/mol. The number of anilines is 1. The average Bonchev–Trinajstić information content (AvgIpc) is 3.23. The smallest absolute Gasteiger partial charge is 0.139 e. The van der Waals surface area contributed by atoms with Crippen molar-refractivity contribution >= 4 is 27.6 Å². The Hall–Kier alpha value is -3.16. The number of rotatable bonds is 7. The Morgan fingerprint density at radius 1 is 1.09 bits per heavy atom. The molecule has 0 saturated carbocycles. The van der Waals surface area contributed by atoms with Crippen molar-refractivity contribution < 1.29 is 9.47 Å². The van der Waals surface area contributed by atoms with Crippen LogP contribution < -0.4 is 15.4 Å². The fourth-order valence-corrected chi connectivity index (χ4v) is 4.31. The van der Waals surface area contributed by atoms with Gasteiger partial charge in [0.25, 0.3) is 0 Å². The van der Waals surface area contributed by atoms with E-state index in [1.54, 1.807) is 7.11 Å². The van der Waals surface area contributed by atoms with Crippen molar-refractivity contribution in [2.75, 3.05) is 38.7 Å². The second kappa shape index (κ2) is 8.76. The third-order valence-corrected chi connectivity index (χ3v) is 6.17. The lowest BCUT2D eigenvalue weighted by Crippen LogP contribution is -2.45. The molecule has 32 heavy (non-hydrogen) atoms. The molecular weight excluding hydrogens is 402 g/mol. The number of pyridine rings is 1. The number of ether oxygens (including phenoxy) is 2. The zero-order chi connectivity index (χ0) is 22.0. The highest BCUT2D eigenvalue weighted by Crippen LogP contribution is 2.30. The van der Waals surface area contributed by atoms with E-state index in [1.165, 1.54) is 0 Å². The van der Waals surface area contributed by atoms with E-state index in [1.807, 2.05) is 35.2 Å². The van der Waals surface area contributed by atoms with Crippen molar-refractivity contribution in [3.05, 3.63) is 54.9 Å². The van der Waals surface area contributed by atoms with Gasteiger partial charge >= 0.3 is 0 Å². The molecule has 0 amide bonds. The van der Waals surface area contributed by atoms with E-state index in [2.05, 4.69) is 46.8 Å². The van der Waals surface area contributed by atoms with Gasteiger partial charge in [-0.3, -0.25) is 4.57 Å². The molecule has 0 unspecified atom stereocenters. The quantitative estimate of drug-likeness (QED) is 0.428. The third kappa shape index (κ3) is 4.13. The highest BCUT2D eigenvalue weighted by Gasteiger charge is 2.27. The molecule has 0 aliphatic carbocycles. The molecule has 0 atom stereocenters. The molecule has 1 saturated heterocycles. The lowest BCUT2D eigenvalue weighted by molar-refractivity contribution is 0.146. The van der Waals surface area contributed by atoms with Crippen LogP contribution in [0.5, 0.6) is 5.75 Å². The summed E-state index contributed by atoms with van der Waals surface area (Å²) >= 11 is 0. The topological polar surface area (TPSA) is 73.2 Å². The minimum Gasteiger partial charge on any atom is -0.491 e. The molecule has 2 N–H and O–H groups in total. The van der Waals surface area contributed by atoms with Crippen molar-refractivity contribution in [2.24, 2.45) is 0 Å². The third-order valence-electron chi connectivity index (χ3n) is 6.17. The minimum absolute atomic E-state index is 0.0676. The molecule has 2 aromatic heterocycles. The molecule has 0 spiro atoms. The summed E-state index contributed by atoms with van der Waals surface area (Å²) in [6, 6.07) is 16.4. The number of hydrogen-bond donors (Lipinski definition) is 2. The van der Waals surface area contributed by atoms with E-state index in [0.717, 1.165) is 65.1 Å². The highest BCUT2D eigenvalue weighted by atomic mass is 16.5. The highest BCUT2D eigenvalue weighted by molar-refractivity contribution is 5.91. The van der Waals surface area contributed by atoms with Crippen LogP contribution >= 0.6 is 0 Å². The van der Waals surface area contributed by atoms with Gasteiger partial charge < -0.3 is 20.1 Å². The van der Waals surface area contributed by atoms with Crippen LogP contribution in [0, 0.1) is 0 Å². The molecule has 1 aliphatic heterocycles. The second-order valence-corrected chi connectivity index (χ2v) is 8.59. The van der Waals surface area contributed by atoms with Gasteiger partial charge in [-0.05, 0) is 63.2 Å². The van der Waals surface area contributed by atoms with Crippen LogP contribution in [0.25, 0.3) is 27.8 Å². The zero-order valence-corrected chi connectivity index (χ0v) is 18.6. The molecule has 4 aromatic rings. The zero-order valence-electron chi connectivity index (χ0n) is 18.6. The number of para-hydroxylation sites is 1. The van der Waals surface area contributed by atoms with Crippen LogP contribution in [0.4, 0.5) is 5.69 Å². The van der Waals surface area contributed by atoms with Crippen LogP contribution in [0.3, 0.4) is 0 Å². The molecule has 5 rings (SSSR count). The van der Waals surface area contributed by atoms with Crippen molar-refractivity contribution in [1.82, 2.24) is 19.9 Å². The van der Waals surface area contributed by atoms with Gasteiger partial charge in [-0.15, -0.1) is 0 Å². The summed E-state index contributed by atoms with van der Waals surface area (Å²) < 4.78 is 12.8. The molecule has 7 heteroatoms. The molecule has 0 radical (unpaired) electrons. The number of hydrogen-bond acceptors (Lipinski definition) is 6. The van der Waals surface area contributed by atoms with E-state index in [0.29, 0.717) is 13.2 Å². The largest absolute Gasteiger partial charge is 0.491 e. The summed E-state index contributed by atoms with van der Waals surface area (Å²) in [5, 5.41) is 8.35. The Kier molecular flexibility index (Phi) is 5.68. The Balaban J connectivity index is 1.48.